The number of halogens is 1. The number of rotatable bonds is 22. The summed E-state index contributed by atoms with van der Waals surface area (Å²) in [6, 6.07) is 10.9. The minimum absolute atomic E-state index is 0. The molecule has 0 saturated carbocycles. The summed E-state index contributed by atoms with van der Waals surface area (Å²) in [6.07, 6.45) is 30.2. The molecular weight excluding hydrogens is 422 g/mol. The van der Waals surface area contributed by atoms with Crippen LogP contribution in [0.4, 0.5) is 0 Å². The Bertz CT molecular complexity index is 537. The van der Waals surface area contributed by atoms with E-state index in [1.807, 2.05) is 0 Å². The van der Waals surface area contributed by atoms with Gasteiger partial charge in [-0.25, -0.2) is 0 Å². The first-order chi connectivity index (χ1) is 15.6. The van der Waals surface area contributed by atoms with Crippen molar-refractivity contribution in [3.63, 3.8) is 0 Å². The van der Waals surface area contributed by atoms with E-state index < -0.39 is 0 Å². The second-order valence-electron chi connectivity index (χ2n) is 10.7. The van der Waals surface area contributed by atoms with Crippen LogP contribution in [0.15, 0.2) is 42.5 Å². The molecular formula is C31H56ClN. The van der Waals surface area contributed by atoms with Gasteiger partial charge in [0.25, 0.3) is 0 Å². The minimum Gasteiger partial charge on any atom is -1.00 e. The fraction of sp³-hybridized carbons (Fsp3) is 0.742. The van der Waals surface area contributed by atoms with Gasteiger partial charge in [-0.05, 0) is 38.5 Å². The predicted octanol–water partition coefficient (Wildman–Crippen LogP) is 6.86. The lowest BCUT2D eigenvalue weighted by atomic mass is 10.0. The summed E-state index contributed by atoms with van der Waals surface area (Å²) in [5.74, 6) is 0. The van der Waals surface area contributed by atoms with Crippen molar-refractivity contribution in [3.8, 4) is 0 Å². The van der Waals surface area contributed by atoms with Gasteiger partial charge >= 0.3 is 0 Å². The number of hydrogen-bond donors (Lipinski definition) is 0. The van der Waals surface area contributed by atoms with Crippen molar-refractivity contribution in [2.75, 3.05) is 20.6 Å². The molecule has 1 nitrogen and oxygen atoms in total. The molecule has 0 aliphatic carbocycles. The van der Waals surface area contributed by atoms with Crippen LogP contribution in [0.2, 0.25) is 0 Å². The van der Waals surface area contributed by atoms with Crippen LogP contribution in [-0.4, -0.2) is 25.1 Å². The number of benzene rings is 1. The van der Waals surface area contributed by atoms with Crippen LogP contribution in [0.5, 0.6) is 0 Å². The molecule has 0 N–H and O–H groups in total. The summed E-state index contributed by atoms with van der Waals surface area (Å²) in [7, 11) is 4.75. The Morgan fingerprint density at radius 1 is 0.576 bits per heavy atom. The average molecular weight is 478 g/mol. The van der Waals surface area contributed by atoms with Crippen molar-refractivity contribution in [1.29, 1.82) is 0 Å². The Kier molecular flexibility index (Phi) is 22.4. The van der Waals surface area contributed by atoms with Crippen molar-refractivity contribution >= 4 is 0 Å². The second-order valence-corrected chi connectivity index (χ2v) is 10.7. The van der Waals surface area contributed by atoms with E-state index >= 15 is 0 Å². The van der Waals surface area contributed by atoms with Gasteiger partial charge in [0.05, 0.1) is 20.6 Å². The first kappa shape index (κ1) is 32.2. The van der Waals surface area contributed by atoms with Gasteiger partial charge in [-0.1, -0.05) is 126 Å². The van der Waals surface area contributed by atoms with Crippen molar-refractivity contribution < 1.29 is 16.9 Å². The third-order valence-electron chi connectivity index (χ3n) is 6.73. The van der Waals surface area contributed by atoms with Crippen LogP contribution in [-0.2, 0) is 6.54 Å². The molecule has 0 unspecified atom stereocenters. The highest BCUT2D eigenvalue weighted by Gasteiger charge is 2.14. The summed E-state index contributed by atoms with van der Waals surface area (Å²) >= 11 is 0. The maximum absolute atomic E-state index is 2.44. The Balaban J connectivity index is 0.0000102. The van der Waals surface area contributed by atoms with Gasteiger partial charge in [0.2, 0.25) is 0 Å². The molecule has 0 bridgehead atoms. The quantitative estimate of drug-likeness (QED) is 0.0970. The Hall–Kier alpha value is -0.790. The van der Waals surface area contributed by atoms with Gasteiger partial charge in [-0.2, -0.15) is 0 Å². The summed E-state index contributed by atoms with van der Waals surface area (Å²) in [6.45, 7) is 4.73. The molecule has 0 saturated heterocycles. The predicted molar refractivity (Wildman–Crippen MR) is 145 cm³/mol. The van der Waals surface area contributed by atoms with Gasteiger partial charge < -0.3 is 16.9 Å². The number of unbranched alkanes of at least 4 members (excludes halogenated alkanes) is 16. The molecule has 0 fully saturated rings. The van der Waals surface area contributed by atoms with Gasteiger partial charge in [0, 0.05) is 5.56 Å². The van der Waals surface area contributed by atoms with Crippen molar-refractivity contribution in [1.82, 2.24) is 0 Å². The topological polar surface area (TPSA) is 0 Å². The van der Waals surface area contributed by atoms with Crippen LogP contribution in [0.3, 0.4) is 0 Å². The Labute approximate surface area is 214 Å². The largest absolute Gasteiger partial charge is 1.00 e. The van der Waals surface area contributed by atoms with Gasteiger partial charge in [-0.3, -0.25) is 0 Å². The standard InChI is InChI=1S/C31H56N.ClH/c1-4-5-6-7-8-9-10-11-12-13-14-15-16-17-18-19-20-21-22-26-29-32(2,3)30-31-27-24-23-25-28-31;/h11-12,23-25,27-28H,4-10,13-22,26,29-30H2,1-3H3;1H/q+1;/p-1. The van der Waals surface area contributed by atoms with Crippen LogP contribution in [0, 0.1) is 0 Å². The summed E-state index contributed by atoms with van der Waals surface area (Å²) < 4.78 is 1.11. The highest BCUT2D eigenvalue weighted by atomic mass is 35.5. The summed E-state index contributed by atoms with van der Waals surface area (Å²) in [5.41, 5.74) is 1.46. The zero-order valence-corrected chi connectivity index (χ0v) is 23.3. The van der Waals surface area contributed by atoms with Crippen molar-refractivity contribution in [3.05, 3.63) is 48.0 Å². The maximum Gasteiger partial charge on any atom is 0.104 e. The van der Waals surface area contributed by atoms with E-state index in [2.05, 4.69) is 63.5 Å². The van der Waals surface area contributed by atoms with E-state index in [1.54, 1.807) is 0 Å². The maximum atomic E-state index is 2.44. The number of hydrogen-bond acceptors (Lipinski definition) is 0. The van der Waals surface area contributed by atoms with Crippen LogP contribution >= 0.6 is 0 Å². The average Bonchev–Trinajstić information content (AvgIpc) is 2.78. The van der Waals surface area contributed by atoms with Gasteiger partial charge in [0.15, 0.2) is 0 Å². The molecule has 0 aliphatic heterocycles. The second kappa shape index (κ2) is 23.0. The van der Waals surface area contributed by atoms with E-state index in [4.69, 9.17) is 0 Å². The first-order valence-electron chi connectivity index (χ1n) is 14.1. The lowest BCUT2D eigenvalue weighted by molar-refractivity contribution is -0.903. The molecule has 2 heteroatoms. The summed E-state index contributed by atoms with van der Waals surface area (Å²) in [4.78, 5) is 0. The van der Waals surface area contributed by atoms with Crippen LogP contribution in [0.25, 0.3) is 0 Å². The molecule has 0 aromatic heterocycles. The highest BCUT2D eigenvalue weighted by Crippen LogP contribution is 2.14. The molecule has 0 atom stereocenters. The molecule has 1 rings (SSSR count). The van der Waals surface area contributed by atoms with E-state index in [0.29, 0.717) is 0 Å². The Morgan fingerprint density at radius 3 is 1.48 bits per heavy atom. The van der Waals surface area contributed by atoms with E-state index in [9.17, 15) is 0 Å². The van der Waals surface area contributed by atoms with Crippen LogP contribution in [0.1, 0.15) is 128 Å². The fourth-order valence-electron chi connectivity index (χ4n) is 4.65. The lowest BCUT2D eigenvalue weighted by Crippen LogP contribution is -3.00. The third-order valence-corrected chi connectivity index (χ3v) is 6.73. The molecule has 1 aromatic rings. The smallest absolute Gasteiger partial charge is 0.104 e. The molecule has 192 valence electrons. The van der Waals surface area contributed by atoms with E-state index in [0.717, 1.165) is 11.0 Å². The van der Waals surface area contributed by atoms with Crippen molar-refractivity contribution in [2.45, 2.75) is 129 Å². The summed E-state index contributed by atoms with van der Waals surface area (Å²) in [5, 5.41) is 0. The minimum atomic E-state index is 0. The normalized spacial score (nSPS) is 11.7. The number of nitrogens with zero attached hydrogens (tertiary/aromatic N) is 1. The van der Waals surface area contributed by atoms with Gasteiger partial charge in [-0.15, -0.1) is 0 Å². The molecule has 0 aliphatic rings. The van der Waals surface area contributed by atoms with Gasteiger partial charge in [0.1, 0.15) is 6.54 Å². The molecule has 0 radical (unpaired) electrons. The lowest BCUT2D eigenvalue weighted by Gasteiger charge is -2.30. The number of quaternary nitrogens is 1. The zero-order chi connectivity index (χ0) is 23.2. The first-order valence-corrected chi connectivity index (χ1v) is 14.1. The Morgan fingerprint density at radius 2 is 1.00 bits per heavy atom. The number of allylic oxidation sites excluding steroid dienone is 2. The molecule has 0 amide bonds. The van der Waals surface area contributed by atoms with E-state index in [1.165, 1.54) is 128 Å². The molecule has 0 spiro atoms. The monoisotopic (exact) mass is 477 g/mol. The highest BCUT2D eigenvalue weighted by molar-refractivity contribution is 5.13. The zero-order valence-electron chi connectivity index (χ0n) is 22.5. The third kappa shape index (κ3) is 21.5. The van der Waals surface area contributed by atoms with E-state index in [-0.39, 0.29) is 12.4 Å². The van der Waals surface area contributed by atoms with Crippen LogP contribution < -0.4 is 12.4 Å². The van der Waals surface area contributed by atoms with Crippen molar-refractivity contribution in [2.24, 2.45) is 0 Å². The molecule has 33 heavy (non-hydrogen) atoms. The SMILES string of the molecule is CCCCCCCCC=CCCCCCCCCCCCC[N+](C)(C)Cc1ccccc1.[Cl-]. The fourth-order valence-corrected chi connectivity index (χ4v) is 4.65. The molecule has 0 heterocycles. The molecule has 1 aromatic carbocycles.